The van der Waals surface area contributed by atoms with Crippen molar-refractivity contribution in [1.82, 2.24) is 9.97 Å². The first-order valence-corrected chi connectivity index (χ1v) is 13.3. The molecule has 0 saturated carbocycles. The first kappa shape index (κ1) is 25.6. The number of benzene rings is 5. The number of hydrogen-bond acceptors (Lipinski definition) is 2. The van der Waals surface area contributed by atoms with Crippen molar-refractivity contribution in [3.63, 3.8) is 0 Å². The maximum Gasteiger partial charge on any atom is 0.126 e. The Balaban J connectivity index is 1.64. The molecule has 7 aromatic rings. The SMILES string of the molecule is Fc1cc(F)cc(-c2cc(-c3ccccc3)nc3c2ccc2nc(-c4ccccc4)cc(-c4cc(F)cc(F)c4)c23)c1. The van der Waals surface area contributed by atoms with Gasteiger partial charge >= 0.3 is 0 Å². The Morgan fingerprint density at radius 2 is 0.881 bits per heavy atom. The molecule has 0 unspecified atom stereocenters. The normalized spacial score (nSPS) is 11.3. The topological polar surface area (TPSA) is 25.8 Å². The van der Waals surface area contributed by atoms with E-state index in [1.807, 2.05) is 66.7 Å². The van der Waals surface area contributed by atoms with Crippen molar-refractivity contribution in [2.24, 2.45) is 0 Å². The van der Waals surface area contributed by atoms with Crippen LogP contribution in [-0.4, -0.2) is 9.97 Å². The Kier molecular flexibility index (Phi) is 6.24. The number of nitrogens with zero attached hydrogens (tertiary/aromatic N) is 2. The zero-order chi connectivity index (χ0) is 28.8. The van der Waals surface area contributed by atoms with Gasteiger partial charge in [-0.05, 0) is 70.8 Å². The van der Waals surface area contributed by atoms with Crippen LogP contribution in [0.3, 0.4) is 0 Å². The molecule has 2 nitrogen and oxygen atoms in total. The molecule has 0 saturated heterocycles. The zero-order valence-corrected chi connectivity index (χ0v) is 22.0. The highest BCUT2D eigenvalue weighted by atomic mass is 19.1. The first-order valence-electron chi connectivity index (χ1n) is 13.3. The lowest BCUT2D eigenvalue weighted by Crippen LogP contribution is -1.96. The molecule has 0 aliphatic carbocycles. The van der Waals surface area contributed by atoms with E-state index in [-0.39, 0.29) is 0 Å². The van der Waals surface area contributed by atoms with Crippen molar-refractivity contribution < 1.29 is 17.6 Å². The average Bonchev–Trinajstić information content (AvgIpc) is 2.99. The minimum Gasteiger partial charge on any atom is -0.248 e. The van der Waals surface area contributed by atoms with Gasteiger partial charge in [-0.2, -0.15) is 0 Å². The van der Waals surface area contributed by atoms with Crippen LogP contribution in [0.5, 0.6) is 0 Å². The molecule has 202 valence electrons. The average molecular weight is 557 g/mol. The molecule has 0 aliphatic rings. The number of halogens is 4. The van der Waals surface area contributed by atoms with Crippen LogP contribution in [0.1, 0.15) is 0 Å². The highest BCUT2D eigenvalue weighted by Gasteiger charge is 2.19. The molecule has 5 aromatic carbocycles. The Labute approximate surface area is 238 Å². The third kappa shape index (κ3) is 4.67. The van der Waals surface area contributed by atoms with Gasteiger partial charge in [0.05, 0.1) is 22.4 Å². The fourth-order valence-corrected chi connectivity index (χ4v) is 5.41. The highest BCUT2D eigenvalue weighted by Crippen LogP contribution is 2.40. The third-order valence-corrected chi connectivity index (χ3v) is 7.24. The summed E-state index contributed by atoms with van der Waals surface area (Å²) in [5.74, 6) is -2.85. The van der Waals surface area contributed by atoms with Crippen molar-refractivity contribution >= 4 is 21.8 Å². The van der Waals surface area contributed by atoms with Gasteiger partial charge in [0.2, 0.25) is 0 Å². The van der Waals surface area contributed by atoms with Gasteiger partial charge in [0.15, 0.2) is 0 Å². The molecule has 0 bridgehead atoms. The van der Waals surface area contributed by atoms with E-state index in [1.54, 1.807) is 18.2 Å². The smallest absolute Gasteiger partial charge is 0.126 e. The second kappa shape index (κ2) is 10.2. The summed E-state index contributed by atoms with van der Waals surface area (Å²) in [7, 11) is 0. The largest absolute Gasteiger partial charge is 0.248 e. The lowest BCUT2D eigenvalue weighted by atomic mass is 9.92. The summed E-state index contributed by atoms with van der Waals surface area (Å²) in [4.78, 5) is 9.94. The molecule has 0 radical (unpaired) electrons. The van der Waals surface area contributed by atoms with E-state index in [2.05, 4.69) is 0 Å². The van der Waals surface area contributed by atoms with Crippen LogP contribution in [0.25, 0.3) is 66.6 Å². The molecule has 0 spiro atoms. The Morgan fingerprint density at radius 3 is 1.43 bits per heavy atom. The van der Waals surface area contributed by atoms with Crippen LogP contribution >= 0.6 is 0 Å². The van der Waals surface area contributed by atoms with Gasteiger partial charge in [-0.1, -0.05) is 60.7 Å². The molecular weight excluding hydrogens is 536 g/mol. The van der Waals surface area contributed by atoms with Crippen molar-refractivity contribution in [2.45, 2.75) is 0 Å². The lowest BCUT2D eigenvalue weighted by molar-refractivity contribution is 0.583. The van der Waals surface area contributed by atoms with Gasteiger partial charge in [-0.15, -0.1) is 0 Å². The standard InChI is InChI=1S/C36H20F4N2/c37-25-13-23(14-26(38)17-25)30-19-34(22-9-5-2-6-10-22)42-36-29(30)11-12-32-35(36)31(24-15-27(39)18-28(40)16-24)20-33(41-32)21-7-3-1-4-8-21/h1-20H. The number of hydrogen-bond donors (Lipinski definition) is 0. The van der Waals surface area contributed by atoms with Gasteiger partial charge in [0.1, 0.15) is 23.3 Å². The summed E-state index contributed by atoms with van der Waals surface area (Å²) in [5, 5.41) is 1.17. The second-order valence-electron chi connectivity index (χ2n) is 10.0. The van der Waals surface area contributed by atoms with E-state index in [1.165, 1.54) is 24.3 Å². The van der Waals surface area contributed by atoms with E-state index in [0.29, 0.717) is 55.4 Å². The maximum absolute atomic E-state index is 14.6. The highest BCUT2D eigenvalue weighted by molar-refractivity contribution is 6.15. The molecule has 0 amide bonds. The number of aromatic nitrogens is 2. The number of pyridine rings is 2. The lowest BCUT2D eigenvalue weighted by Gasteiger charge is -2.16. The predicted molar refractivity (Wildman–Crippen MR) is 159 cm³/mol. The molecule has 42 heavy (non-hydrogen) atoms. The molecule has 0 atom stereocenters. The van der Waals surface area contributed by atoms with Crippen LogP contribution in [0.15, 0.2) is 121 Å². The van der Waals surface area contributed by atoms with Crippen LogP contribution in [0.4, 0.5) is 17.6 Å². The fourth-order valence-electron chi connectivity index (χ4n) is 5.41. The van der Waals surface area contributed by atoms with Crippen LogP contribution < -0.4 is 0 Å². The van der Waals surface area contributed by atoms with Crippen molar-refractivity contribution in [3.05, 3.63) is 145 Å². The van der Waals surface area contributed by atoms with E-state index >= 15 is 0 Å². The minimum atomic E-state index is -0.717. The molecule has 6 heteroatoms. The summed E-state index contributed by atoms with van der Waals surface area (Å²) in [6.45, 7) is 0. The minimum absolute atomic E-state index is 0.315. The van der Waals surface area contributed by atoms with E-state index in [4.69, 9.17) is 9.97 Å². The molecule has 2 aromatic heterocycles. The molecule has 7 rings (SSSR count). The quantitative estimate of drug-likeness (QED) is 0.159. The monoisotopic (exact) mass is 556 g/mol. The van der Waals surface area contributed by atoms with Gasteiger partial charge < -0.3 is 0 Å². The zero-order valence-electron chi connectivity index (χ0n) is 22.0. The Hall–Kier alpha value is -5.36. The number of fused-ring (bicyclic) bond motifs is 3. The molecule has 0 aliphatic heterocycles. The van der Waals surface area contributed by atoms with Crippen molar-refractivity contribution in [2.75, 3.05) is 0 Å². The third-order valence-electron chi connectivity index (χ3n) is 7.24. The summed E-state index contributed by atoms with van der Waals surface area (Å²) in [6.07, 6.45) is 0. The Morgan fingerprint density at radius 1 is 0.405 bits per heavy atom. The van der Waals surface area contributed by atoms with Gasteiger partial charge in [-0.3, -0.25) is 0 Å². The van der Waals surface area contributed by atoms with E-state index < -0.39 is 23.3 Å². The maximum atomic E-state index is 14.6. The predicted octanol–water partition coefficient (Wildman–Crippen LogP) is 10.0. The summed E-state index contributed by atoms with van der Waals surface area (Å²) >= 11 is 0. The molecule has 0 N–H and O–H groups in total. The van der Waals surface area contributed by atoms with E-state index in [0.717, 1.165) is 23.3 Å². The number of rotatable bonds is 4. The van der Waals surface area contributed by atoms with E-state index in [9.17, 15) is 17.6 Å². The molecule has 0 fully saturated rings. The van der Waals surface area contributed by atoms with Crippen LogP contribution in [0, 0.1) is 23.3 Å². The fraction of sp³-hybridized carbons (Fsp3) is 0. The molecule has 2 heterocycles. The van der Waals surface area contributed by atoms with Crippen molar-refractivity contribution in [1.29, 1.82) is 0 Å². The van der Waals surface area contributed by atoms with Crippen LogP contribution in [-0.2, 0) is 0 Å². The van der Waals surface area contributed by atoms with Gasteiger partial charge in [0.25, 0.3) is 0 Å². The first-order chi connectivity index (χ1) is 20.4. The van der Waals surface area contributed by atoms with Crippen molar-refractivity contribution in [3.8, 4) is 44.8 Å². The summed E-state index contributed by atoms with van der Waals surface area (Å²) in [6, 6.07) is 32.9. The van der Waals surface area contributed by atoms with Gasteiger partial charge in [-0.25, -0.2) is 27.5 Å². The van der Waals surface area contributed by atoms with Gasteiger partial charge in [0, 0.05) is 34.0 Å². The second-order valence-corrected chi connectivity index (χ2v) is 10.0. The summed E-state index contributed by atoms with van der Waals surface area (Å²) in [5.41, 5.74) is 5.59. The molecular formula is C36H20F4N2. The summed E-state index contributed by atoms with van der Waals surface area (Å²) < 4.78 is 58.0. The Bertz CT molecular complexity index is 2090. The van der Waals surface area contributed by atoms with Crippen LogP contribution in [0.2, 0.25) is 0 Å².